The molecule has 0 unspecified atom stereocenters. The van der Waals surface area contributed by atoms with Crippen LogP contribution >= 0.6 is 46.0 Å². The summed E-state index contributed by atoms with van der Waals surface area (Å²) in [5.41, 5.74) is 7.39. The maximum Gasteiger partial charge on any atom is 0.286 e. The van der Waals surface area contributed by atoms with Crippen LogP contribution in [0.5, 0.6) is 11.5 Å². The number of benzene rings is 2. The van der Waals surface area contributed by atoms with E-state index in [1.807, 2.05) is 36.4 Å². The topological polar surface area (TPSA) is 73.9 Å². The Morgan fingerprint density at radius 1 is 1.31 bits per heavy atom. The van der Waals surface area contributed by atoms with E-state index < -0.39 is 0 Å². The standard InChI is InChI=1S/C18H14ClIN2O3S/c1-24-14-7-11(8-15-17(23)22-18(21)26-15)6-13(20)16(14)25-9-10-2-4-12(19)5-3-10/h2-8H,9H2,1H3,(H2,21,22,23)/b15-8-. The van der Waals surface area contributed by atoms with Gasteiger partial charge in [0.25, 0.3) is 5.91 Å². The molecule has 3 rings (SSSR count). The van der Waals surface area contributed by atoms with Gasteiger partial charge < -0.3 is 15.2 Å². The van der Waals surface area contributed by atoms with Crippen molar-refractivity contribution in [2.45, 2.75) is 6.61 Å². The lowest BCUT2D eigenvalue weighted by Crippen LogP contribution is -2.01. The molecule has 134 valence electrons. The molecule has 1 amide bonds. The van der Waals surface area contributed by atoms with Crippen LogP contribution in [0.15, 0.2) is 46.3 Å². The van der Waals surface area contributed by atoms with Gasteiger partial charge in [0.05, 0.1) is 15.6 Å². The van der Waals surface area contributed by atoms with Gasteiger partial charge in [0.15, 0.2) is 16.7 Å². The fourth-order valence-electron chi connectivity index (χ4n) is 2.28. The van der Waals surface area contributed by atoms with Crippen molar-refractivity contribution in [1.29, 1.82) is 0 Å². The predicted octanol–water partition coefficient (Wildman–Crippen LogP) is 4.46. The molecule has 0 aromatic heterocycles. The fraction of sp³-hybridized carbons (Fsp3) is 0.111. The molecule has 8 heteroatoms. The van der Waals surface area contributed by atoms with Crippen LogP contribution in [0, 0.1) is 3.57 Å². The summed E-state index contributed by atoms with van der Waals surface area (Å²) < 4.78 is 12.3. The number of hydrogen-bond donors (Lipinski definition) is 1. The quantitative estimate of drug-likeness (QED) is 0.485. The van der Waals surface area contributed by atoms with E-state index in [-0.39, 0.29) is 11.1 Å². The van der Waals surface area contributed by atoms with Crippen molar-refractivity contribution in [2.75, 3.05) is 7.11 Å². The zero-order valence-corrected chi connectivity index (χ0v) is 17.4. The summed E-state index contributed by atoms with van der Waals surface area (Å²) in [6.45, 7) is 0.392. The lowest BCUT2D eigenvalue weighted by molar-refractivity contribution is -0.113. The van der Waals surface area contributed by atoms with Crippen molar-refractivity contribution < 1.29 is 14.3 Å². The molecule has 0 bridgehead atoms. The van der Waals surface area contributed by atoms with E-state index in [9.17, 15) is 4.79 Å². The fourth-order valence-corrected chi connectivity index (χ4v) is 3.87. The van der Waals surface area contributed by atoms with E-state index in [1.165, 1.54) is 0 Å². The van der Waals surface area contributed by atoms with Gasteiger partial charge in [-0.3, -0.25) is 4.79 Å². The van der Waals surface area contributed by atoms with Crippen LogP contribution in [0.4, 0.5) is 0 Å². The number of amidine groups is 1. The van der Waals surface area contributed by atoms with Crippen molar-refractivity contribution in [3.8, 4) is 11.5 Å². The first kappa shape index (κ1) is 19.1. The molecule has 0 radical (unpaired) electrons. The Morgan fingerprint density at radius 2 is 2.04 bits per heavy atom. The van der Waals surface area contributed by atoms with Gasteiger partial charge in [-0.25, -0.2) is 0 Å². The molecule has 0 atom stereocenters. The highest BCUT2D eigenvalue weighted by atomic mass is 127. The lowest BCUT2D eigenvalue weighted by atomic mass is 10.2. The zero-order chi connectivity index (χ0) is 18.7. The van der Waals surface area contributed by atoms with E-state index in [4.69, 9.17) is 26.8 Å². The van der Waals surface area contributed by atoms with Gasteiger partial charge in [0.1, 0.15) is 6.61 Å². The molecule has 5 nitrogen and oxygen atoms in total. The number of carbonyl (C=O) groups excluding carboxylic acids is 1. The van der Waals surface area contributed by atoms with Crippen LogP contribution in [-0.4, -0.2) is 18.2 Å². The molecule has 2 aromatic rings. The third-order valence-corrected chi connectivity index (χ3v) is 5.35. The Labute approximate surface area is 173 Å². The molecule has 2 N–H and O–H groups in total. The van der Waals surface area contributed by atoms with E-state index in [2.05, 4.69) is 27.6 Å². The van der Waals surface area contributed by atoms with Crippen molar-refractivity contribution in [3.05, 3.63) is 61.0 Å². The second-order valence-electron chi connectivity index (χ2n) is 5.32. The molecule has 1 heterocycles. The summed E-state index contributed by atoms with van der Waals surface area (Å²) in [7, 11) is 1.58. The predicted molar refractivity (Wildman–Crippen MR) is 114 cm³/mol. The van der Waals surface area contributed by atoms with Crippen molar-refractivity contribution in [3.63, 3.8) is 0 Å². The SMILES string of the molecule is COc1cc(/C=C2\SC(N)=NC2=O)cc(I)c1OCc1ccc(Cl)cc1. The largest absolute Gasteiger partial charge is 0.493 e. The number of carbonyl (C=O) groups is 1. The maximum atomic E-state index is 11.8. The minimum absolute atomic E-state index is 0.255. The molecule has 1 aliphatic heterocycles. The van der Waals surface area contributed by atoms with Crippen LogP contribution in [-0.2, 0) is 11.4 Å². The maximum absolute atomic E-state index is 11.8. The number of amides is 1. The van der Waals surface area contributed by atoms with Gasteiger partial charge in [-0.05, 0) is 75.8 Å². The summed E-state index contributed by atoms with van der Waals surface area (Å²) >= 11 is 9.23. The highest BCUT2D eigenvalue weighted by Gasteiger charge is 2.20. The van der Waals surface area contributed by atoms with Crippen molar-refractivity contribution in [2.24, 2.45) is 10.7 Å². The molecular formula is C18H14ClIN2O3S. The minimum Gasteiger partial charge on any atom is -0.493 e. The van der Waals surface area contributed by atoms with Gasteiger partial charge >= 0.3 is 0 Å². The molecule has 2 aromatic carbocycles. The van der Waals surface area contributed by atoms with Crippen LogP contribution in [0.3, 0.4) is 0 Å². The van der Waals surface area contributed by atoms with Crippen LogP contribution < -0.4 is 15.2 Å². The summed E-state index contributed by atoms with van der Waals surface area (Å²) in [5.74, 6) is 0.901. The summed E-state index contributed by atoms with van der Waals surface area (Å²) in [6, 6.07) is 11.2. The minimum atomic E-state index is -0.329. The first-order chi connectivity index (χ1) is 12.5. The number of nitrogens with zero attached hydrogens (tertiary/aromatic N) is 1. The Bertz CT molecular complexity index is 913. The van der Waals surface area contributed by atoms with Crippen molar-refractivity contribution in [1.82, 2.24) is 0 Å². The molecule has 26 heavy (non-hydrogen) atoms. The molecule has 0 spiro atoms. The van der Waals surface area contributed by atoms with Gasteiger partial charge in [0, 0.05) is 5.02 Å². The normalized spacial score (nSPS) is 15.3. The molecule has 0 saturated carbocycles. The summed E-state index contributed by atoms with van der Waals surface area (Å²) in [5, 5.41) is 0.938. The Morgan fingerprint density at radius 3 is 2.65 bits per heavy atom. The number of hydrogen-bond acceptors (Lipinski definition) is 5. The Hall–Kier alpha value is -1.71. The van der Waals surface area contributed by atoms with Gasteiger partial charge in [-0.1, -0.05) is 23.7 Å². The molecule has 0 fully saturated rings. The average Bonchev–Trinajstić information content (AvgIpc) is 2.92. The zero-order valence-electron chi connectivity index (χ0n) is 13.7. The molecule has 0 saturated heterocycles. The number of ether oxygens (including phenoxy) is 2. The lowest BCUT2D eigenvalue weighted by Gasteiger charge is -2.14. The van der Waals surface area contributed by atoms with E-state index in [1.54, 1.807) is 13.2 Å². The van der Waals surface area contributed by atoms with Crippen LogP contribution in [0.2, 0.25) is 5.02 Å². The number of halogens is 2. The van der Waals surface area contributed by atoms with E-state index in [0.717, 1.165) is 26.5 Å². The summed E-state index contributed by atoms with van der Waals surface area (Å²) in [4.78, 5) is 15.9. The molecule has 0 aliphatic carbocycles. The Balaban J connectivity index is 1.82. The highest BCUT2D eigenvalue weighted by Crippen LogP contribution is 2.36. The van der Waals surface area contributed by atoms with E-state index >= 15 is 0 Å². The van der Waals surface area contributed by atoms with Gasteiger partial charge in [-0.15, -0.1) is 0 Å². The monoisotopic (exact) mass is 500 g/mol. The smallest absolute Gasteiger partial charge is 0.286 e. The molecular weight excluding hydrogens is 487 g/mol. The van der Waals surface area contributed by atoms with Crippen LogP contribution in [0.25, 0.3) is 6.08 Å². The third-order valence-electron chi connectivity index (χ3n) is 3.48. The average molecular weight is 501 g/mol. The second-order valence-corrected chi connectivity index (χ2v) is 7.98. The first-order valence-corrected chi connectivity index (χ1v) is 9.76. The van der Waals surface area contributed by atoms with E-state index in [0.29, 0.717) is 28.0 Å². The number of methoxy groups -OCH3 is 1. The number of nitrogens with two attached hydrogens (primary N) is 1. The van der Waals surface area contributed by atoms with Crippen LogP contribution in [0.1, 0.15) is 11.1 Å². The third kappa shape index (κ3) is 4.52. The van der Waals surface area contributed by atoms with Gasteiger partial charge in [-0.2, -0.15) is 4.99 Å². The Kier molecular flexibility index (Phi) is 6.10. The highest BCUT2D eigenvalue weighted by molar-refractivity contribution is 14.1. The van der Waals surface area contributed by atoms with Crippen molar-refractivity contribution >= 4 is 63.1 Å². The number of aliphatic imine (C=N–C) groups is 1. The second kappa shape index (κ2) is 8.32. The molecule has 1 aliphatic rings. The summed E-state index contributed by atoms with van der Waals surface area (Å²) in [6.07, 6.45) is 1.74. The number of rotatable bonds is 5. The number of thioether (sulfide) groups is 1. The first-order valence-electron chi connectivity index (χ1n) is 7.49. The van der Waals surface area contributed by atoms with Gasteiger partial charge in [0.2, 0.25) is 0 Å².